The zero-order valence-electron chi connectivity index (χ0n) is 15.7. The largest absolute Gasteiger partial charge is 0.425 e. The third-order valence-electron chi connectivity index (χ3n) is 4.42. The van der Waals surface area contributed by atoms with Crippen molar-refractivity contribution in [2.45, 2.75) is 34.1 Å². The molecule has 1 aliphatic rings. The van der Waals surface area contributed by atoms with Gasteiger partial charge >= 0.3 is 6.09 Å². The molecule has 0 saturated heterocycles. The summed E-state index contributed by atoms with van der Waals surface area (Å²) in [6.45, 7) is 8.69. The van der Waals surface area contributed by atoms with E-state index in [1.54, 1.807) is 29.3 Å². The Labute approximate surface area is 154 Å². The van der Waals surface area contributed by atoms with E-state index in [0.717, 1.165) is 12.1 Å². The molecule has 1 aliphatic carbocycles. The number of H-pyrrole nitrogens is 1. The molecule has 5 heteroatoms. The van der Waals surface area contributed by atoms with Crippen molar-refractivity contribution in [2.75, 3.05) is 4.90 Å². The highest BCUT2D eigenvalue weighted by atomic mass is 16.6. The third kappa shape index (κ3) is 3.87. The lowest BCUT2D eigenvalue weighted by Crippen LogP contribution is -2.36. The number of benzene rings is 1. The van der Waals surface area contributed by atoms with Crippen LogP contribution < -0.4 is 9.64 Å². The molecule has 0 bridgehead atoms. The molecule has 1 N–H and O–H groups in total. The normalized spacial score (nSPS) is 17.3. The van der Waals surface area contributed by atoms with Crippen LogP contribution in [0, 0.1) is 11.3 Å². The van der Waals surface area contributed by atoms with Crippen molar-refractivity contribution in [3.8, 4) is 5.75 Å². The van der Waals surface area contributed by atoms with Crippen LogP contribution in [0.1, 0.15) is 34.1 Å². The van der Waals surface area contributed by atoms with Gasteiger partial charge in [0, 0.05) is 6.07 Å². The van der Waals surface area contributed by atoms with Crippen LogP contribution in [-0.4, -0.2) is 16.3 Å². The first kappa shape index (κ1) is 18.0. The van der Waals surface area contributed by atoms with Gasteiger partial charge in [0.2, 0.25) is 0 Å². The van der Waals surface area contributed by atoms with E-state index in [9.17, 15) is 4.79 Å². The Morgan fingerprint density at radius 3 is 2.58 bits per heavy atom. The minimum Gasteiger partial charge on any atom is -0.410 e. The summed E-state index contributed by atoms with van der Waals surface area (Å²) in [5.41, 5.74) is 1.99. The Kier molecular flexibility index (Phi) is 4.98. The Hall–Kier alpha value is -2.82. The predicted molar refractivity (Wildman–Crippen MR) is 103 cm³/mol. The number of carbonyl (C=O) groups is 1. The van der Waals surface area contributed by atoms with Crippen LogP contribution in [-0.2, 0) is 0 Å². The zero-order valence-corrected chi connectivity index (χ0v) is 15.7. The van der Waals surface area contributed by atoms with Gasteiger partial charge in [-0.05, 0) is 41.5 Å². The van der Waals surface area contributed by atoms with Crippen molar-refractivity contribution in [2.24, 2.45) is 11.3 Å². The lowest BCUT2D eigenvalue weighted by molar-refractivity contribution is 0.209. The molecule has 0 saturated carbocycles. The lowest BCUT2D eigenvalue weighted by atomic mass is 9.77. The molecule has 1 atom stereocenters. The van der Waals surface area contributed by atoms with Crippen LogP contribution in [0.4, 0.5) is 10.6 Å². The smallest absolute Gasteiger partial charge is 0.410 e. The molecule has 2 aromatic rings. The standard InChI is InChI=1S/C21H25N3O2/c1-15-10-11-18(17(14-15)21(2,3)4)24(19-12-13-22-23-19)20(25)26-16-8-6-5-7-9-16/h5-13,15H,14H2,1-4H3,(H,22,23). The summed E-state index contributed by atoms with van der Waals surface area (Å²) in [6.07, 6.45) is 6.21. The van der Waals surface area contributed by atoms with Crippen LogP contribution in [0.3, 0.4) is 0 Å². The average Bonchev–Trinajstić information content (AvgIpc) is 3.10. The molecule has 1 heterocycles. The van der Waals surface area contributed by atoms with Crippen LogP contribution >= 0.6 is 0 Å². The highest BCUT2D eigenvalue weighted by Crippen LogP contribution is 2.39. The van der Waals surface area contributed by atoms with Gasteiger partial charge in [-0.3, -0.25) is 5.10 Å². The number of rotatable bonds is 3. The van der Waals surface area contributed by atoms with Crippen molar-refractivity contribution in [3.05, 3.63) is 66.0 Å². The van der Waals surface area contributed by atoms with Gasteiger partial charge in [0.1, 0.15) is 11.6 Å². The van der Waals surface area contributed by atoms with Gasteiger partial charge in [0.05, 0.1) is 11.9 Å². The summed E-state index contributed by atoms with van der Waals surface area (Å²) in [5.74, 6) is 1.52. The highest BCUT2D eigenvalue weighted by Gasteiger charge is 2.31. The molecule has 26 heavy (non-hydrogen) atoms. The highest BCUT2D eigenvalue weighted by molar-refractivity contribution is 5.92. The Morgan fingerprint density at radius 1 is 1.23 bits per heavy atom. The molecule has 1 aromatic carbocycles. The number of nitrogens with one attached hydrogen (secondary N) is 1. The minimum absolute atomic E-state index is 0.0698. The number of allylic oxidation sites excluding steroid dienone is 3. The molecule has 1 aromatic heterocycles. The molecule has 0 spiro atoms. The quantitative estimate of drug-likeness (QED) is 0.815. The minimum atomic E-state index is -0.462. The number of para-hydroxylation sites is 1. The van der Waals surface area contributed by atoms with E-state index < -0.39 is 6.09 Å². The van der Waals surface area contributed by atoms with E-state index in [4.69, 9.17) is 4.74 Å². The molecular formula is C21H25N3O2. The van der Waals surface area contributed by atoms with Gasteiger partial charge in [-0.15, -0.1) is 0 Å². The van der Waals surface area contributed by atoms with Crippen LogP contribution in [0.25, 0.3) is 0 Å². The molecule has 0 aliphatic heterocycles. The van der Waals surface area contributed by atoms with Crippen molar-refractivity contribution < 1.29 is 9.53 Å². The summed E-state index contributed by atoms with van der Waals surface area (Å²) in [4.78, 5) is 14.6. The second kappa shape index (κ2) is 7.20. The number of carbonyl (C=O) groups excluding carboxylic acids is 1. The van der Waals surface area contributed by atoms with E-state index in [1.165, 1.54) is 5.57 Å². The van der Waals surface area contributed by atoms with Crippen LogP contribution in [0.15, 0.2) is 66.0 Å². The SMILES string of the molecule is CC1C=CC(N(C(=O)Oc2ccccc2)c2ccn[nH]2)=C(C(C)(C)C)C1. The number of ether oxygens (including phenoxy) is 1. The van der Waals surface area contributed by atoms with Gasteiger partial charge in [-0.2, -0.15) is 5.10 Å². The molecular weight excluding hydrogens is 326 g/mol. The topological polar surface area (TPSA) is 58.2 Å². The van der Waals surface area contributed by atoms with E-state index in [1.807, 2.05) is 24.3 Å². The first-order valence-corrected chi connectivity index (χ1v) is 8.84. The maximum atomic E-state index is 13.1. The maximum absolute atomic E-state index is 13.1. The molecule has 0 fully saturated rings. The number of aromatic amines is 1. The second-order valence-electron chi connectivity index (χ2n) is 7.61. The van der Waals surface area contributed by atoms with Gasteiger partial charge in [-0.1, -0.05) is 52.0 Å². The number of nitrogens with zero attached hydrogens (tertiary/aromatic N) is 2. The van der Waals surface area contributed by atoms with Crippen LogP contribution in [0.2, 0.25) is 0 Å². The van der Waals surface area contributed by atoms with Crippen molar-refractivity contribution in [1.82, 2.24) is 10.2 Å². The first-order chi connectivity index (χ1) is 12.4. The Balaban J connectivity index is 2.04. The number of hydrogen-bond donors (Lipinski definition) is 1. The van der Waals surface area contributed by atoms with Gasteiger partial charge in [-0.25, -0.2) is 9.69 Å². The van der Waals surface area contributed by atoms with Gasteiger partial charge in [0.25, 0.3) is 0 Å². The first-order valence-electron chi connectivity index (χ1n) is 8.84. The number of hydrogen-bond acceptors (Lipinski definition) is 3. The molecule has 0 radical (unpaired) electrons. The molecule has 1 amide bonds. The fourth-order valence-corrected chi connectivity index (χ4v) is 3.09. The summed E-state index contributed by atoms with van der Waals surface area (Å²) < 4.78 is 5.61. The van der Waals surface area contributed by atoms with Gasteiger partial charge < -0.3 is 4.74 Å². The average molecular weight is 351 g/mol. The Morgan fingerprint density at radius 2 is 1.96 bits per heavy atom. The van der Waals surface area contributed by atoms with Gasteiger partial charge in [0.15, 0.2) is 0 Å². The van der Waals surface area contributed by atoms with E-state index >= 15 is 0 Å². The van der Waals surface area contributed by atoms with Crippen molar-refractivity contribution in [1.29, 1.82) is 0 Å². The third-order valence-corrected chi connectivity index (χ3v) is 4.42. The maximum Gasteiger partial charge on any atom is 0.425 e. The fraction of sp³-hybridized carbons (Fsp3) is 0.333. The molecule has 5 nitrogen and oxygen atoms in total. The summed E-state index contributed by atoms with van der Waals surface area (Å²) in [7, 11) is 0. The fourth-order valence-electron chi connectivity index (χ4n) is 3.09. The molecule has 3 rings (SSSR count). The van der Waals surface area contributed by atoms with Crippen molar-refractivity contribution in [3.63, 3.8) is 0 Å². The number of anilines is 1. The van der Waals surface area contributed by atoms with Crippen LogP contribution in [0.5, 0.6) is 5.75 Å². The van der Waals surface area contributed by atoms with E-state index in [2.05, 4.69) is 44.0 Å². The summed E-state index contributed by atoms with van der Waals surface area (Å²) in [5, 5.41) is 6.90. The van der Waals surface area contributed by atoms with Crippen molar-refractivity contribution >= 4 is 11.9 Å². The Bertz CT molecular complexity index is 815. The summed E-state index contributed by atoms with van der Waals surface area (Å²) in [6, 6.07) is 10.9. The monoisotopic (exact) mass is 351 g/mol. The predicted octanol–water partition coefficient (Wildman–Crippen LogP) is 5.31. The van der Waals surface area contributed by atoms with E-state index in [0.29, 0.717) is 17.5 Å². The number of aromatic nitrogens is 2. The zero-order chi connectivity index (χ0) is 18.7. The molecule has 136 valence electrons. The molecule has 1 unspecified atom stereocenters. The van der Waals surface area contributed by atoms with E-state index in [-0.39, 0.29) is 5.41 Å². The number of amides is 1. The second-order valence-corrected chi connectivity index (χ2v) is 7.61. The lowest BCUT2D eigenvalue weighted by Gasteiger charge is -2.34. The summed E-state index contributed by atoms with van der Waals surface area (Å²) >= 11 is 0.